The van der Waals surface area contributed by atoms with Gasteiger partial charge in [0.2, 0.25) is 59.1 Å². The Bertz CT molecular complexity index is 3460. The Labute approximate surface area is 552 Å². The molecule has 2 aromatic rings. The number of methoxy groups -OCH3 is 1. The number of fused-ring (bicyclic) bond motifs is 1. The molecule has 0 bridgehead atoms. The number of hydrogen-bond acceptors (Lipinski definition) is 20. The van der Waals surface area contributed by atoms with Crippen LogP contribution in [0.4, 0.5) is 0 Å². The Morgan fingerprint density at radius 3 is 1.07 bits per heavy atom. The van der Waals surface area contributed by atoms with Crippen LogP contribution in [-0.4, -0.2) is 187 Å². The van der Waals surface area contributed by atoms with E-state index in [2.05, 4.69) is 63.5 Å². The summed E-state index contributed by atoms with van der Waals surface area (Å²) in [5.41, 5.74) is -18.6. The summed E-state index contributed by atoms with van der Waals surface area (Å²) in [7, 11) is 2.52. The number of nitrogens with zero attached hydrogens (tertiary/aromatic N) is 1. The first-order valence-electron chi connectivity index (χ1n) is 30.7. The molecule has 0 spiro atoms. The van der Waals surface area contributed by atoms with Gasteiger partial charge in [-0.1, -0.05) is 29.8 Å². The molecule has 0 unspecified atom stereocenters. The number of amides is 10. The molecule has 10 amide bonds. The standard InChI is InChI=1S/C62H99BN13O19/c1-52(2,64-31-33-27-25-26-28-34(33)63(92-24)94-37-35(32-77)93-39(38(37)95-63)76-30-29-36(78)65-51(76)90)40(79)66-53(3,4)41(80)67-54(5,6)42(81)68-55(7,8)43(82)69-56(9,10)44(83)70-57(11,12)45(84)71-58(13,14)46(85)72-59(15,16)47(86)73-60(17,18)48(87)74-61(19,20)49(88)75-62(21,22)50(89)91-23/h25-30,35,37-39,64,77H,31-32H2,1-24H3,(H,66,79)(H,67,80)(H,68,81)(H,69,82)(H,70,83)(H,71,84)(H,72,85)(H,73,86)(H,74,87)(H,75,88)(H,65,78,90)/q-1/t35-,37-,38-,39-,63-/m1/s1/i21+1/t35-,37-,38-,39-,62+,63-. The number of aliphatic hydroxyl groups excluding tert-OH is 1. The van der Waals surface area contributed by atoms with Crippen molar-refractivity contribution in [3.63, 3.8) is 0 Å². The van der Waals surface area contributed by atoms with Crippen LogP contribution in [0.25, 0.3) is 0 Å². The lowest BCUT2D eigenvalue weighted by molar-refractivity contribution is -0.150. The van der Waals surface area contributed by atoms with Crippen molar-refractivity contribution in [3.05, 3.63) is 62.9 Å². The number of nitrogens with one attached hydrogen (secondary N) is 12. The van der Waals surface area contributed by atoms with Crippen LogP contribution in [0.1, 0.15) is 164 Å². The zero-order chi connectivity index (χ0) is 73.2. The second-order valence-electron chi connectivity index (χ2n) is 29.8. The zero-order valence-corrected chi connectivity index (χ0v) is 59.0. The molecule has 6 atom stereocenters. The van der Waals surface area contributed by atoms with E-state index in [1.165, 1.54) is 152 Å². The fraction of sp³-hybridized carbons (Fsp3) is 0.661. The normalized spacial score (nSPS) is 19.5. The van der Waals surface area contributed by atoms with Crippen molar-refractivity contribution in [2.45, 2.75) is 244 Å². The minimum Gasteiger partial charge on any atom is -0.543 e. The molecule has 0 aliphatic carbocycles. The average molecular weight is 1340 g/mol. The lowest BCUT2D eigenvalue weighted by Gasteiger charge is -2.39. The number of aromatic nitrogens is 2. The maximum Gasteiger partial charge on any atom is 0.410 e. The van der Waals surface area contributed by atoms with E-state index in [0.717, 1.165) is 17.7 Å². The molecule has 2 aliphatic rings. The van der Waals surface area contributed by atoms with E-state index in [9.17, 15) is 67.4 Å². The summed E-state index contributed by atoms with van der Waals surface area (Å²) in [6.45, 7) is 27.3. The van der Waals surface area contributed by atoms with Gasteiger partial charge in [-0.3, -0.25) is 67.6 Å². The number of esters is 1. The van der Waals surface area contributed by atoms with E-state index in [1.807, 2.05) is 0 Å². The molecule has 13 N–H and O–H groups in total. The van der Waals surface area contributed by atoms with E-state index < -0.39 is 175 Å². The molecule has 4 rings (SSSR count). The van der Waals surface area contributed by atoms with Crippen molar-refractivity contribution in [1.29, 1.82) is 0 Å². The third-order valence-electron chi connectivity index (χ3n) is 16.4. The lowest BCUT2D eigenvalue weighted by atomic mass is 9.67. The predicted molar refractivity (Wildman–Crippen MR) is 346 cm³/mol. The summed E-state index contributed by atoms with van der Waals surface area (Å²) in [4.78, 5) is 177. The van der Waals surface area contributed by atoms with Crippen LogP contribution in [-0.2, 0) is 82.7 Å². The fourth-order valence-electron chi connectivity index (χ4n) is 9.50. The van der Waals surface area contributed by atoms with Gasteiger partial charge in [-0.05, 0) is 159 Å². The molecule has 1 aromatic heterocycles. The molecule has 2 saturated heterocycles. The van der Waals surface area contributed by atoms with Gasteiger partial charge in [-0.15, -0.1) is 5.46 Å². The van der Waals surface area contributed by atoms with Crippen LogP contribution in [0.2, 0.25) is 0 Å². The maximum atomic E-state index is 14.0. The summed E-state index contributed by atoms with van der Waals surface area (Å²) in [6.07, 6.45) is -2.72. The van der Waals surface area contributed by atoms with E-state index in [-0.39, 0.29) is 6.54 Å². The molecule has 3 heterocycles. The van der Waals surface area contributed by atoms with Gasteiger partial charge in [-0.25, -0.2) is 9.59 Å². The lowest BCUT2D eigenvalue weighted by Crippen LogP contribution is -2.70. The van der Waals surface area contributed by atoms with Gasteiger partial charge in [-0.2, -0.15) is 0 Å². The largest absolute Gasteiger partial charge is 0.543 e. The van der Waals surface area contributed by atoms with Gasteiger partial charge in [0.05, 0.1) is 31.5 Å². The molecule has 0 radical (unpaired) electrons. The van der Waals surface area contributed by atoms with Gasteiger partial charge in [0, 0.05) is 18.8 Å². The molecule has 530 valence electrons. The van der Waals surface area contributed by atoms with Crippen LogP contribution >= 0.6 is 0 Å². The highest BCUT2D eigenvalue weighted by molar-refractivity contribution is 6.76. The van der Waals surface area contributed by atoms with Crippen molar-refractivity contribution in [2.75, 3.05) is 20.8 Å². The summed E-state index contributed by atoms with van der Waals surface area (Å²) < 4.78 is 30.6. The summed E-state index contributed by atoms with van der Waals surface area (Å²) in [5.74, 6) is -8.75. The highest BCUT2D eigenvalue weighted by Crippen LogP contribution is 2.41. The summed E-state index contributed by atoms with van der Waals surface area (Å²) in [6, 6.07) is 8.05. The van der Waals surface area contributed by atoms with Crippen LogP contribution in [0.5, 0.6) is 0 Å². The highest BCUT2D eigenvalue weighted by Gasteiger charge is 2.57. The quantitative estimate of drug-likeness (QED) is 0.0242. The molecule has 1 aromatic carbocycles. The molecular formula is C62H99BN13O19-. The fourth-order valence-corrected chi connectivity index (χ4v) is 9.50. The minimum atomic E-state index is -2.78. The van der Waals surface area contributed by atoms with Gasteiger partial charge in [0.15, 0.2) is 6.23 Å². The Hall–Kier alpha value is -8.11. The SMILES string of the molecule is COC(=O)[C@@](C)([13CH3])NC(=O)C(C)(C)NC(=O)C(C)(C)NC(=O)C(C)(C)NC(=O)C(C)(C)NC(=O)C(C)(C)NC(=O)C(C)(C)NC(=O)C(C)(C)NC(=O)C(C)(C)NC(=O)C(C)(C)NC(=O)C(C)(C)NCc1ccccc1[B@-]1(OC)O[C@@H]2[C@H](O1)[C@@H](CO)O[C@H]2n1ccc(=O)[nH]c1=O. The number of benzene rings is 1. The topological polar surface area (TPSA) is 441 Å². The van der Waals surface area contributed by atoms with E-state index >= 15 is 0 Å². The van der Waals surface area contributed by atoms with Gasteiger partial charge in [0.25, 0.3) is 5.56 Å². The number of carbonyl (C=O) groups is 11. The van der Waals surface area contributed by atoms with E-state index in [4.69, 9.17) is 23.4 Å². The van der Waals surface area contributed by atoms with Crippen LogP contribution in [0.15, 0.2) is 46.1 Å². The molecule has 95 heavy (non-hydrogen) atoms. The predicted octanol–water partition coefficient (Wildman–Crippen LogP) is -2.31. The first kappa shape index (κ1) is 79.3. The molecule has 2 aliphatic heterocycles. The number of aromatic amines is 1. The third kappa shape index (κ3) is 18.5. The average Bonchev–Trinajstić information content (AvgIpc) is 1.58. The number of hydrogen-bond donors (Lipinski definition) is 13. The van der Waals surface area contributed by atoms with Crippen LogP contribution < -0.4 is 75.2 Å². The molecule has 0 saturated carbocycles. The Morgan fingerprint density at radius 2 is 0.768 bits per heavy atom. The maximum absolute atomic E-state index is 14.0. The smallest absolute Gasteiger partial charge is 0.410 e. The van der Waals surface area contributed by atoms with Crippen LogP contribution in [0, 0.1) is 0 Å². The van der Waals surface area contributed by atoms with Gasteiger partial charge in [0.1, 0.15) is 61.5 Å². The zero-order valence-electron chi connectivity index (χ0n) is 59.0. The molecule has 2 fully saturated rings. The first-order valence-corrected chi connectivity index (χ1v) is 30.7. The highest BCUT2D eigenvalue weighted by atomic mass is 16.8. The summed E-state index contributed by atoms with van der Waals surface area (Å²) >= 11 is 0. The number of H-pyrrole nitrogens is 1. The van der Waals surface area contributed by atoms with Crippen molar-refractivity contribution in [1.82, 2.24) is 68.0 Å². The first-order chi connectivity index (χ1) is 42.9. The number of rotatable bonds is 28. The Balaban J connectivity index is 1.33. The van der Waals surface area contributed by atoms with Crippen LogP contribution in [0.3, 0.4) is 0 Å². The second kappa shape index (κ2) is 27.9. The summed E-state index contributed by atoms with van der Waals surface area (Å²) in [5, 5.41) is 39.4. The van der Waals surface area contributed by atoms with Gasteiger partial charge < -0.3 is 81.7 Å². The Kier molecular flexibility index (Phi) is 23.3. The van der Waals surface area contributed by atoms with E-state index in [0.29, 0.717) is 11.0 Å². The third-order valence-corrected chi connectivity index (χ3v) is 16.4. The molecule has 32 nitrogen and oxygen atoms in total. The number of carbonyl (C=O) groups excluding carboxylic acids is 11. The van der Waals surface area contributed by atoms with Gasteiger partial charge >= 0.3 is 18.4 Å². The van der Waals surface area contributed by atoms with Crippen molar-refractivity contribution >= 4 is 77.3 Å². The number of ether oxygens (including phenoxy) is 2. The molecular weight excluding hydrogens is 1240 g/mol. The monoisotopic (exact) mass is 1340 g/mol. The van der Waals surface area contributed by atoms with Crippen molar-refractivity contribution in [2.24, 2.45) is 0 Å². The van der Waals surface area contributed by atoms with Crippen molar-refractivity contribution < 1.29 is 81.3 Å². The van der Waals surface area contributed by atoms with Crippen molar-refractivity contribution in [3.8, 4) is 0 Å². The minimum absolute atomic E-state index is 0.0153. The van der Waals surface area contributed by atoms with E-state index in [1.54, 1.807) is 38.1 Å². The Morgan fingerprint density at radius 1 is 0.463 bits per heavy atom. The number of aliphatic hydroxyl groups is 1. The second-order valence-corrected chi connectivity index (χ2v) is 29.8. The molecule has 33 heteroatoms.